The van der Waals surface area contributed by atoms with E-state index in [0.29, 0.717) is 29.0 Å². The first-order valence-electron chi connectivity index (χ1n) is 20.8. The van der Waals surface area contributed by atoms with Gasteiger partial charge in [-0.3, -0.25) is 0 Å². The van der Waals surface area contributed by atoms with E-state index in [0.717, 1.165) is 34.1 Å². The van der Waals surface area contributed by atoms with E-state index in [9.17, 15) is 5.26 Å². The summed E-state index contributed by atoms with van der Waals surface area (Å²) >= 11 is 0. The molecule has 0 bridgehead atoms. The molecule has 0 heterocycles. The van der Waals surface area contributed by atoms with Crippen molar-refractivity contribution in [1.82, 2.24) is 0 Å². The molecule has 284 valence electrons. The van der Waals surface area contributed by atoms with Gasteiger partial charge in [0.15, 0.2) is 5.69 Å². The lowest BCUT2D eigenvalue weighted by atomic mass is 9.79. The van der Waals surface area contributed by atoms with Crippen LogP contribution in [0, 0.1) is 17.9 Å². The van der Waals surface area contributed by atoms with Crippen molar-refractivity contribution in [1.29, 1.82) is 5.26 Å². The first-order chi connectivity index (χ1) is 28.3. The summed E-state index contributed by atoms with van der Waals surface area (Å²) in [5.74, 6) is 1.33. The van der Waals surface area contributed by atoms with Gasteiger partial charge in [-0.05, 0) is 142 Å². The van der Waals surface area contributed by atoms with Gasteiger partial charge in [0.1, 0.15) is 0 Å². The minimum absolute atomic E-state index is 0.429. The van der Waals surface area contributed by atoms with E-state index < -0.39 is 0 Å². The number of anilines is 6. The van der Waals surface area contributed by atoms with Crippen molar-refractivity contribution in [2.45, 2.75) is 77.6 Å². The highest BCUT2D eigenvalue weighted by molar-refractivity contribution is 6.28. The van der Waals surface area contributed by atoms with Crippen molar-refractivity contribution in [3.63, 3.8) is 0 Å². The fourth-order valence-corrected chi connectivity index (χ4v) is 9.25. The smallest absolute Gasteiger partial charge is 0.187 e. The Morgan fingerprint density at radius 3 is 1.59 bits per heavy atom. The molecular weight excluding hydrogens is 705 g/mol. The highest BCUT2D eigenvalue weighted by Crippen LogP contribution is 2.51. The van der Waals surface area contributed by atoms with E-state index in [2.05, 4.69) is 164 Å². The molecular formula is C54H48N4. The number of nitrogens with zero attached hydrogens (tertiary/aromatic N) is 4. The zero-order valence-electron chi connectivity index (χ0n) is 33.8. The molecule has 0 unspecified atom stereocenters. The average Bonchev–Trinajstić information content (AvgIpc) is 3.27. The fraction of sp³-hybridized carbons (Fsp3) is 0.222. The lowest BCUT2D eigenvalue weighted by Gasteiger charge is -2.32. The monoisotopic (exact) mass is 752 g/mol. The maximum atomic E-state index is 9.68. The fourth-order valence-electron chi connectivity index (χ4n) is 9.25. The minimum Gasteiger partial charge on any atom is -0.310 e. The van der Waals surface area contributed by atoms with Crippen LogP contribution in [0.1, 0.15) is 99.8 Å². The van der Waals surface area contributed by atoms with E-state index in [1.165, 1.54) is 81.1 Å². The lowest BCUT2D eigenvalue weighted by molar-refractivity contribution is 0.445. The molecule has 0 aliphatic heterocycles. The second kappa shape index (κ2) is 15.4. The predicted molar refractivity (Wildman–Crippen MR) is 244 cm³/mol. The van der Waals surface area contributed by atoms with Crippen LogP contribution in [0.3, 0.4) is 0 Å². The summed E-state index contributed by atoms with van der Waals surface area (Å²) in [6.45, 7) is 16.6. The molecule has 8 aromatic rings. The van der Waals surface area contributed by atoms with Crippen LogP contribution < -0.4 is 9.80 Å². The van der Waals surface area contributed by atoms with E-state index in [4.69, 9.17) is 6.57 Å². The lowest BCUT2D eigenvalue weighted by Crippen LogP contribution is -2.13. The van der Waals surface area contributed by atoms with Gasteiger partial charge in [0.25, 0.3) is 0 Å². The predicted octanol–water partition coefficient (Wildman–Crippen LogP) is 16.2. The largest absolute Gasteiger partial charge is 0.310 e. The maximum absolute atomic E-state index is 9.68. The third-order valence-corrected chi connectivity index (χ3v) is 12.4. The van der Waals surface area contributed by atoms with E-state index >= 15 is 0 Å². The summed E-state index contributed by atoms with van der Waals surface area (Å²) < 4.78 is 0. The van der Waals surface area contributed by atoms with E-state index in [1.54, 1.807) is 0 Å². The molecule has 1 fully saturated rings. The quantitative estimate of drug-likeness (QED) is 0.109. The Morgan fingerprint density at radius 1 is 0.552 bits per heavy atom. The summed E-state index contributed by atoms with van der Waals surface area (Å²) in [5.41, 5.74) is 11.8. The van der Waals surface area contributed by atoms with Crippen LogP contribution in [0.25, 0.3) is 37.2 Å². The van der Waals surface area contributed by atoms with Gasteiger partial charge in [-0.2, -0.15) is 5.26 Å². The molecule has 1 aliphatic carbocycles. The molecule has 0 spiro atoms. The molecule has 0 radical (unpaired) electrons. The number of hydrogen-bond donors (Lipinski definition) is 0. The van der Waals surface area contributed by atoms with Gasteiger partial charge in [-0.15, -0.1) is 0 Å². The standard InChI is InChI=1S/C54H48N4/c1-35(2)38-13-23-44(24-14-38)57(43-21-11-37(34-55)12-22-43)51-32-18-41-17-29-49-52(33-50(40-9-7-6-8-10-40)47-30-31-48(51)53(41)54(47)49)58(46-27-19-42(56-5)20-28-46)45-25-15-39(16-26-45)36(3)4/h11-33,35-36,40H,6-10H2,1-4H3. The van der Waals surface area contributed by atoms with Gasteiger partial charge in [0.2, 0.25) is 0 Å². The third-order valence-electron chi connectivity index (χ3n) is 12.4. The molecule has 0 saturated heterocycles. The molecule has 1 saturated carbocycles. The van der Waals surface area contributed by atoms with Crippen LogP contribution >= 0.6 is 0 Å². The highest BCUT2D eigenvalue weighted by atomic mass is 15.1. The number of hydrogen-bond acceptors (Lipinski definition) is 3. The zero-order valence-corrected chi connectivity index (χ0v) is 33.8. The van der Waals surface area contributed by atoms with Gasteiger partial charge in [0.05, 0.1) is 29.6 Å². The first-order valence-corrected chi connectivity index (χ1v) is 20.8. The molecule has 1 aliphatic rings. The van der Waals surface area contributed by atoms with Gasteiger partial charge in [-0.1, -0.05) is 114 Å². The highest BCUT2D eigenvalue weighted by Gasteiger charge is 2.26. The Kier molecular flexibility index (Phi) is 9.81. The van der Waals surface area contributed by atoms with Crippen molar-refractivity contribution in [3.8, 4) is 6.07 Å². The van der Waals surface area contributed by atoms with Gasteiger partial charge in [0, 0.05) is 33.5 Å². The van der Waals surface area contributed by atoms with Crippen LogP contribution in [0.2, 0.25) is 0 Å². The molecule has 9 rings (SSSR count). The normalized spacial score (nSPS) is 13.4. The molecule has 58 heavy (non-hydrogen) atoms. The summed E-state index contributed by atoms with van der Waals surface area (Å²) in [6, 6.07) is 52.7. The topological polar surface area (TPSA) is 34.6 Å². The molecule has 0 N–H and O–H groups in total. The van der Waals surface area contributed by atoms with Crippen molar-refractivity contribution in [2.75, 3.05) is 9.80 Å². The Balaban J connectivity index is 1.34. The molecule has 0 aromatic heterocycles. The van der Waals surface area contributed by atoms with Crippen LogP contribution in [0.5, 0.6) is 0 Å². The number of nitriles is 1. The van der Waals surface area contributed by atoms with Crippen molar-refractivity contribution >= 4 is 72.1 Å². The van der Waals surface area contributed by atoms with Crippen molar-refractivity contribution < 1.29 is 0 Å². The third kappa shape index (κ3) is 6.60. The molecule has 4 nitrogen and oxygen atoms in total. The zero-order chi connectivity index (χ0) is 39.9. The van der Waals surface area contributed by atoms with Crippen LogP contribution in [0.4, 0.5) is 39.8 Å². The Labute approximate surface area is 342 Å². The van der Waals surface area contributed by atoms with Gasteiger partial charge >= 0.3 is 0 Å². The summed E-state index contributed by atoms with van der Waals surface area (Å²) in [5, 5.41) is 17.2. The Bertz CT molecular complexity index is 2810. The Hall–Kier alpha value is -6.62. The van der Waals surface area contributed by atoms with Crippen LogP contribution in [-0.4, -0.2) is 0 Å². The Morgan fingerprint density at radius 2 is 1.03 bits per heavy atom. The minimum atomic E-state index is 0.429. The van der Waals surface area contributed by atoms with Gasteiger partial charge in [-0.25, -0.2) is 4.85 Å². The van der Waals surface area contributed by atoms with Crippen molar-refractivity contribution in [2.24, 2.45) is 0 Å². The molecule has 0 atom stereocenters. The molecule has 8 aromatic carbocycles. The average molecular weight is 753 g/mol. The molecule has 4 heteroatoms. The number of benzene rings is 8. The number of rotatable bonds is 9. The summed E-state index contributed by atoms with van der Waals surface area (Å²) in [4.78, 5) is 8.49. The maximum Gasteiger partial charge on any atom is 0.187 e. The SMILES string of the molecule is [C-]#[N+]c1ccc(N(c2ccc(C(C)C)cc2)c2cc(C3CCCCC3)c3ccc4c(N(c5ccc(C#N)cc5)c5ccc(C(C)C)cc5)ccc5ccc2c3c54)cc1. The van der Waals surface area contributed by atoms with E-state index in [1.807, 2.05) is 24.3 Å². The van der Waals surface area contributed by atoms with Crippen molar-refractivity contribution in [3.05, 3.63) is 173 Å². The second-order valence-corrected chi connectivity index (χ2v) is 16.6. The summed E-state index contributed by atoms with van der Waals surface area (Å²) in [6.07, 6.45) is 6.18. The summed E-state index contributed by atoms with van der Waals surface area (Å²) in [7, 11) is 0. The molecule has 0 amide bonds. The van der Waals surface area contributed by atoms with E-state index in [-0.39, 0.29) is 0 Å². The first kappa shape index (κ1) is 37.0. The van der Waals surface area contributed by atoms with Crippen LogP contribution in [0.15, 0.2) is 140 Å². The second-order valence-electron chi connectivity index (χ2n) is 16.6. The van der Waals surface area contributed by atoms with Gasteiger partial charge < -0.3 is 9.80 Å². The van der Waals surface area contributed by atoms with Crippen LogP contribution in [-0.2, 0) is 0 Å².